The van der Waals surface area contributed by atoms with Gasteiger partial charge in [-0.25, -0.2) is 0 Å². The van der Waals surface area contributed by atoms with E-state index in [4.69, 9.17) is 4.18 Å². The van der Waals surface area contributed by atoms with Crippen LogP contribution in [0.4, 0.5) is 0 Å². The van der Waals surface area contributed by atoms with Gasteiger partial charge in [-0.2, -0.15) is 8.42 Å². The van der Waals surface area contributed by atoms with E-state index in [9.17, 15) is 13.5 Å². The molecule has 3 aliphatic carbocycles. The maximum absolute atomic E-state index is 12.8. The molecule has 0 radical (unpaired) electrons. The Bertz CT molecular complexity index is 1180. The molecule has 5 atom stereocenters. The zero-order valence-corrected chi connectivity index (χ0v) is 22.4. The highest BCUT2D eigenvalue weighted by Crippen LogP contribution is 2.60. The van der Waals surface area contributed by atoms with Crippen LogP contribution in [0.1, 0.15) is 67.2 Å². The second-order valence-electron chi connectivity index (χ2n) is 12.5. The molecule has 2 saturated carbocycles. The average molecular weight is 499 g/mol. The Labute approximate surface area is 210 Å². The maximum Gasteiger partial charge on any atom is 0.313 e. The van der Waals surface area contributed by atoms with Crippen molar-refractivity contribution < 1.29 is 22.2 Å². The van der Waals surface area contributed by atoms with Gasteiger partial charge in [-0.05, 0) is 90.5 Å². The fourth-order valence-electron chi connectivity index (χ4n) is 7.25. The van der Waals surface area contributed by atoms with E-state index in [1.54, 1.807) is 0 Å². The Morgan fingerprint density at radius 2 is 1.71 bits per heavy atom. The first-order valence-electron chi connectivity index (χ1n) is 13.0. The molecule has 0 heterocycles. The van der Waals surface area contributed by atoms with Crippen molar-refractivity contribution in [1.82, 2.24) is 0 Å². The molecule has 0 aliphatic heterocycles. The molecule has 2 fully saturated rings. The molecule has 1 N–H and O–H groups in total. The SMILES string of the molecule is C[C@]12CC[C@@H]3c4ccc(OS(=O)(=O)Cc5ccc(C[N+](C)(C)C)cc5)cc4CC[C@H]3[C@@H]1CC[C@@H]2O. The Morgan fingerprint density at radius 3 is 2.43 bits per heavy atom. The van der Waals surface area contributed by atoms with Crippen molar-refractivity contribution in [3.05, 3.63) is 64.7 Å². The number of rotatable bonds is 6. The van der Waals surface area contributed by atoms with E-state index in [1.807, 2.05) is 36.4 Å². The summed E-state index contributed by atoms with van der Waals surface area (Å²) in [5.41, 5.74) is 4.58. The Morgan fingerprint density at radius 1 is 1.00 bits per heavy atom. The lowest BCUT2D eigenvalue weighted by Gasteiger charge is -2.50. The molecule has 0 aromatic heterocycles. The number of benzene rings is 2. The lowest BCUT2D eigenvalue weighted by Crippen LogP contribution is -2.43. The van der Waals surface area contributed by atoms with Gasteiger partial charge >= 0.3 is 10.1 Å². The van der Waals surface area contributed by atoms with Gasteiger partial charge in [0.25, 0.3) is 0 Å². The second-order valence-corrected chi connectivity index (χ2v) is 14.0. The van der Waals surface area contributed by atoms with E-state index in [1.165, 1.54) is 16.7 Å². The summed E-state index contributed by atoms with van der Waals surface area (Å²) < 4.78 is 32.0. The summed E-state index contributed by atoms with van der Waals surface area (Å²) >= 11 is 0. The summed E-state index contributed by atoms with van der Waals surface area (Å²) in [6, 6.07) is 13.7. The molecule has 2 aromatic rings. The lowest BCUT2D eigenvalue weighted by molar-refractivity contribution is -0.884. The van der Waals surface area contributed by atoms with Crippen molar-refractivity contribution in [2.45, 2.75) is 69.8 Å². The van der Waals surface area contributed by atoms with Crippen LogP contribution in [0, 0.1) is 17.3 Å². The van der Waals surface area contributed by atoms with Crippen molar-refractivity contribution in [1.29, 1.82) is 0 Å². The van der Waals surface area contributed by atoms with Crippen LogP contribution in [0.5, 0.6) is 5.75 Å². The molecule has 0 amide bonds. The summed E-state index contributed by atoms with van der Waals surface area (Å²) in [4.78, 5) is 0. The molecule has 0 bridgehead atoms. The Kier molecular flexibility index (Phi) is 6.30. The molecule has 3 aliphatic rings. The number of nitrogens with zero attached hydrogens (tertiary/aromatic N) is 1. The highest BCUT2D eigenvalue weighted by molar-refractivity contribution is 7.86. The normalized spacial score (nSPS) is 30.3. The first kappa shape index (κ1) is 24.8. The van der Waals surface area contributed by atoms with Crippen molar-refractivity contribution >= 4 is 10.1 Å². The zero-order chi connectivity index (χ0) is 25.0. The minimum absolute atomic E-state index is 0.0693. The van der Waals surface area contributed by atoms with Crippen LogP contribution in [0.3, 0.4) is 0 Å². The standard InChI is InChI=1S/C29H40NO4S/c1-29-16-15-25-24-12-10-23(17-22(24)9-11-26(25)27(29)13-14-28(29)31)34-35(32,33)19-21-7-5-20(6-8-21)18-30(2,3)4/h5-8,10,12,17,25-28,31H,9,11,13-16,18-19H2,1-4H3/q+1/t25-,26-,27+,28+,29+/m1/s1. The van der Waals surface area contributed by atoms with E-state index in [2.05, 4.69) is 34.1 Å². The average Bonchev–Trinajstić information content (AvgIpc) is 3.08. The molecule has 0 unspecified atom stereocenters. The Hall–Kier alpha value is -1.89. The van der Waals surface area contributed by atoms with Crippen LogP contribution in [0.2, 0.25) is 0 Å². The van der Waals surface area contributed by atoms with Crippen LogP contribution in [0.25, 0.3) is 0 Å². The van der Waals surface area contributed by atoms with Gasteiger partial charge in [0.1, 0.15) is 18.0 Å². The van der Waals surface area contributed by atoms with Crippen molar-refractivity contribution in [3.63, 3.8) is 0 Å². The van der Waals surface area contributed by atoms with Gasteiger partial charge in [-0.3, -0.25) is 0 Å². The summed E-state index contributed by atoms with van der Waals surface area (Å²) in [5, 5.41) is 10.6. The fraction of sp³-hybridized carbons (Fsp3) is 0.586. The smallest absolute Gasteiger partial charge is 0.313 e. The Balaban J connectivity index is 1.27. The van der Waals surface area contributed by atoms with Crippen LogP contribution in [0.15, 0.2) is 42.5 Å². The lowest BCUT2D eigenvalue weighted by atomic mass is 9.55. The van der Waals surface area contributed by atoms with Gasteiger partial charge < -0.3 is 13.8 Å². The highest BCUT2D eigenvalue weighted by Gasteiger charge is 2.54. The van der Waals surface area contributed by atoms with Crippen LogP contribution in [-0.2, 0) is 28.8 Å². The second kappa shape index (κ2) is 8.89. The molecule has 35 heavy (non-hydrogen) atoms. The summed E-state index contributed by atoms with van der Waals surface area (Å²) in [6.45, 7) is 3.18. The van der Waals surface area contributed by atoms with Crippen LogP contribution in [-0.4, -0.2) is 45.3 Å². The van der Waals surface area contributed by atoms with Gasteiger partial charge in [0.2, 0.25) is 0 Å². The quantitative estimate of drug-likeness (QED) is 0.449. The maximum atomic E-state index is 12.8. The van der Waals surface area contributed by atoms with Gasteiger partial charge in [-0.15, -0.1) is 0 Å². The predicted octanol–water partition coefficient (Wildman–Crippen LogP) is 5.02. The van der Waals surface area contributed by atoms with Crippen molar-refractivity contribution in [2.75, 3.05) is 21.1 Å². The molecular formula is C29H40NO4S+. The molecule has 0 saturated heterocycles. The monoisotopic (exact) mass is 498 g/mol. The van der Waals surface area contributed by atoms with Gasteiger partial charge in [0.15, 0.2) is 0 Å². The number of quaternary nitrogens is 1. The summed E-state index contributed by atoms with van der Waals surface area (Å²) in [5.74, 6) is 2.00. The van der Waals surface area contributed by atoms with Crippen LogP contribution < -0.4 is 4.18 Å². The fourth-order valence-corrected chi connectivity index (χ4v) is 8.31. The molecule has 6 heteroatoms. The van der Waals surface area contributed by atoms with E-state index in [-0.39, 0.29) is 17.3 Å². The third kappa shape index (κ3) is 5.03. The molecule has 5 nitrogen and oxygen atoms in total. The minimum Gasteiger partial charge on any atom is -0.393 e. The van der Waals surface area contributed by atoms with Crippen molar-refractivity contribution in [2.24, 2.45) is 17.3 Å². The number of hydrogen-bond donors (Lipinski definition) is 1. The minimum atomic E-state index is -3.74. The highest BCUT2D eigenvalue weighted by atomic mass is 32.2. The van der Waals surface area contributed by atoms with Crippen molar-refractivity contribution in [3.8, 4) is 5.75 Å². The third-order valence-corrected chi connectivity index (χ3v) is 10.0. The van der Waals surface area contributed by atoms with E-state index in [0.29, 0.717) is 23.5 Å². The molecule has 190 valence electrons. The van der Waals surface area contributed by atoms with Crippen LogP contribution >= 0.6 is 0 Å². The number of aliphatic hydroxyl groups excluding tert-OH is 1. The first-order chi connectivity index (χ1) is 16.4. The third-order valence-electron chi connectivity index (χ3n) is 8.89. The molecule has 5 rings (SSSR count). The topological polar surface area (TPSA) is 63.6 Å². The predicted molar refractivity (Wildman–Crippen MR) is 138 cm³/mol. The molecular weight excluding hydrogens is 458 g/mol. The number of hydrogen-bond acceptors (Lipinski definition) is 4. The van der Waals surface area contributed by atoms with Gasteiger partial charge in [-0.1, -0.05) is 37.3 Å². The largest absolute Gasteiger partial charge is 0.393 e. The number of aliphatic hydroxyl groups is 1. The van der Waals surface area contributed by atoms with Gasteiger partial charge in [0, 0.05) is 5.56 Å². The van der Waals surface area contributed by atoms with E-state index in [0.717, 1.165) is 55.1 Å². The zero-order valence-electron chi connectivity index (χ0n) is 21.5. The number of aryl methyl sites for hydroxylation is 1. The summed E-state index contributed by atoms with van der Waals surface area (Å²) in [7, 11) is 2.66. The molecule has 2 aromatic carbocycles. The van der Waals surface area contributed by atoms with Gasteiger partial charge in [0.05, 0.1) is 27.2 Å². The first-order valence-corrected chi connectivity index (χ1v) is 14.6. The molecule has 0 spiro atoms. The van der Waals surface area contributed by atoms with E-state index >= 15 is 0 Å². The number of fused-ring (bicyclic) bond motifs is 5. The summed E-state index contributed by atoms with van der Waals surface area (Å²) in [6.07, 6.45) is 6.13. The van der Waals surface area contributed by atoms with E-state index < -0.39 is 10.1 Å².